The van der Waals surface area contributed by atoms with Crippen molar-refractivity contribution >= 4 is 34.5 Å². The molecule has 0 atom stereocenters. The number of hydrogen-bond donors (Lipinski definition) is 4. The number of aryl methyl sites for hydroxylation is 1. The molecule has 0 radical (unpaired) electrons. The Balaban J connectivity index is 1.58. The number of benzene rings is 1. The summed E-state index contributed by atoms with van der Waals surface area (Å²) in [5.74, 6) is 0.431. The summed E-state index contributed by atoms with van der Waals surface area (Å²) in [4.78, 5) is 31.4. The maximum atomic E-state index is 12.2. The Bertz CT molecular complexity index is 1150. The molecule has 10 heteroatoms. The second-order valence-electron chi connectivity index (χ2n) is 7.51. The Morgan fingerprint density at radius 2 is 1.90 bits per heavy atom. The fourth-order valence-corrected chi connectivity index (χ4v) is 3.30. The first-order valence-electron chi connectivity index (χ1n) is 9.71. The molecular weight excluding hydrogens is 411 g/mol. The van der Waals surface area contributed by atoms with Crippen LogP contribution in [0, 0.1) is 12.8 Å². The molecule has 3 aromatic rings. The van der Waals surface area contributed by atoms with E-state index in [2.05, 4.69) is 20.6 Å². The number of fused-ring (bicyclic) bond motifs is 1. The lowest BCUT2D eigenvalue weighted by atomic mass is 9.98. The summed E-state index contributed by atoms with van der Waals surface area (Å²) in [5, 5.41) is 7.88. The van der Waals surface area contributed by atoms with Crippen LogP contribution in [-0.4, -0.2) is 34.6 Å². The Labute approximate surface area is 175 Å². The second-order valence-corrected chi connectivity index (χ2v) is 7.51. The van der Waals surface area contributed by atoms with Gasteiger partial charge in [0.1, 0.15) is 18.0 Å². The molecular formula is C21H20F3N5O2. The van der Waals surface area contributed by atoms with Gasteiger partial charge in [0.05, 0.1) is 0 Å². The molecule has 1 aliphatic rings. The minimum Gasteiger partial charge on any atom is -0.346 e. The third-order valence-corrected chi connectivity index (χ3v) is 4.95. The van der Waals surface area contributed by atoms with Gasteiger partial charge in [-0.2, -0.15) is 13.2 Å². The number of aromatic amines is 1. The normalized spacial score (nSPS) is 13.8. The highest BCUT2D eigenvalue weighted by molar-refractivity contribution is 5.99. The summed E-state index contributed by atoms with van der Waals surface area (Å²) >= 11 is 0. The minimum absolute atomic E-state index is 0.0418. The first-order chi connectivity index (χ1) is 14.7. The molecule has 7 nitrogen and oxygen atoms in total. The van der Waals surface area contributed by atoms with E-state index in [0.717, 1.165) is 34.9 Å². The van der Waals surface area contributed by atoms with Crippen molar-refractivity contribution < 1.29 is 22.8 Å². The highest BCUT2D eigenvalue weighted by atomic mass is 19.4. The predicted octanol–water partition coefficient (Wildman–Crippen LogP) is 4.57. The van der Waals surface area contributed by atoms with E-state index in [1.165, 1.54) is 0 Å². The van der Waals surface area contributed by atoms with Crippen LogP contribution in [0.3, 0.4) is 0 Å². The summed E-state index contributed by atoms with van der Waals surface area (Å²) in [7, 11) is 0. The van der Waals surface area contributed by atoms with Crippen molar-refractivity contribution in [1.29, 1.82) is 0 Å². The van der Waals surface area contributed by atoms with Crippen LogP contribution >= 0.6 is 0 Å². The maximum absolute atomic E-state index is 12.2. The van der Waals surface area contributed by atoms with Crippen molar-refractivity contribution in [3.63, 3.8) is 0 Å². The van der Waals surface area contributed by atoms with Crippen LogP contribution in [0.5, 0.6) is 0 Å². The molecule has 0 saturated heterocycles. The Kier molecular flexibility index (Phi) is 5.30. The molecule has 1 aliphatic carbocycles. The highest BCUT2D eigenvalue weighted by Crippen LogP contribution is 2.34. The number of urea groups is 1. The van der Waals surface area contributed by atoms with Crippen LogP contribution in [0.1, 0.15) is 18.4 Å². The molecule has 3 amide bonds. The average molecular weight is 431 g/mol. The van der Waals surface area contributed by atoms with Crippen LogP contribution in [-0.2, 0) is 4.79 Å². The number of anilines is 2. The van der Waals surface area contributed by atoms with Crippen molar-refractivity contribution in [2.75, 3.05) is 17.2 Å². The van der Waals surface area contributed by atoms with Crippen molar-refractivity contribution in [2.45, 2.75) is 25.9 Å². The van der Waals surface area contributed by atoms with Crippen molar-refractivity contribution in [1.82, 2.24) is 15.3 Å². The Morgan fingerprint density at radius 3 is 2.58 bits per heavy atom. The van der Waals surface area contributed by atoms with Crippen molar-refractivity contribution in [3.8, 4) is 11.1 Å². The number of carbonyl (C=O) groups is 2. The molecule has 0 spiro atoms. The van der Waals surface area contributed by atoms with Crippen molar-refractivity contribution in [3.05, 3.63) is 42.1 Å². The zero-order valence-corrected chi connectivity index (χ0v) is 16.6. The second kappa shape index (κ2) is 7.93. The smallest absolute Gasteiger partial charge is 0.346 e. The molecule has 1 fully saturated rings. The van der Waals surface area contributed by atoms with Crippen LogP contribution in [0.25, 0.3) is 22.2 Å². The van der Waals surface area contributed by atoms with E-state index in [4.69, 9.17) is 0 Å². The van der Waals surface area contributed by atoms with E-state index in [9.17, 15) is 22.8 Å². The topological polar surface area (TPSA) is 98.9 Å². The number of amides is 3. The highest BCUT2D eigenvalue weighted by Gasteiger charge is 2.30. The summed E-state index contributed by atoms with van der Waals surface area (Å²) in [6.07, 6.45) is -0.960. The number of halogens is 3. The summed E-state index contributed by atoms with van der Waals surface area (Å²) in [5.41, 5.74) is 3.46. The van der Waals surface area contributed by atoms with Gasteiger partial charge in [-0.25, -0.2) is 9.78 Å². The summed E-state index contributed by atoms with van der Waals surface area (Å²) in [6.45, 7) is 0.420. The number of nitrogens with zero attached hydrogens (tertiary/aromatic N) is 1. The van der Waals surface area contributed by atoms with Gasteiger partial charge in [-0.1, -0.05) is 6.07 Å². The predicted molar refractivity (Wildman–Crippen MR) is 111 cm³/mol. The fourth-order valence-electron chi connectivity index (χ4n) is 3.30. The fraction of sp³-hybridized carbons (Fsp3) is 0.286. The van der Waals surface area contributed by atoms with Crippen LogP contribution in [0.4, 0.5) is 29.5 Å². The molecule has 2 aromatic heterocycles. The zero-order valence-electron chi connectivity index (χ0n) is 16.6. The van der Waals surface area contributed by atoms with Gasteiger partial charge in [0.2, 0.25) is 5.91 Å². The molecule has 0 aliphatic heterocycles. The number of alkyl halides is 3. The van der Waals surface area contributed by atoms with Gasteiger partial charge in [0.25, 0.3) is 0 Å². The molecule has 4 rings (SSSR count). The molecule has 31 heavy (non-hydrogen) atoms. The molecule has 1 aromatic carbocycles. The van der Waals surface area contributed by atoms with Gasteiger partial charge in [0.15, 0.2) is 0 Å². The van der Waals surface area contributed by atoms with E-state index in [1.54, 1.807) is 35.8 Å². The monoisotopic (exact) mass is 431 g/mol. The van der Waals surface area contributed by atoms with E-state index in [0.29, 0.717) is 17.2 Å². The van der Waals surface area contributed by atoms with Crippen LogP contribution in [0.15, 0.2) is 36.5 Å². The number of hydrogen-bond acceptors (Lipinski definition) is 3. The SMILES string of the molecule is Cc1cc(NC(=O)NCC(F)(F)F)ccc1-c1cc(NC(=O)C2CC2)nc2[nH]ccc12. The van der Waals surface area contributed by atoms with E-state index in [-0.39, 0.29) is 11.8 Å². The number of pyridine rings is 1. The Hall–Kier alpha value is -3.56. The lowest BCUT2D eigenvalue weighted by molar-refractivity contribution is -0.122. The largest absolute Gasteiger partial charge is 0.405 e. The maximum Gasteiger partial charge on any atom is 0.405 e. The third-order valence-electron chi connectivity index (χ3n) is 4.95. The van der Waals surface area contributed by atoms with E-state index in [1.807, 2.05) is 13.0 Å². The van der Waals surface area contributed by atoms with Crippen LogP contribution in [0.2, 0.25) is 0 Å². The number of nitrogens with one attached hydrogen (secondary N) is 4. The first kappa shape index (κ1) is 20.7. The van der Waals surface area contributed by atoms with Gasteiger partial charge >= 0.3 is 12.2 Å². The molecule has 162 valence electrons. The standard InChI is InChI=1S/C21H20F3N5O2/c1-11-8-13(27-20(31)26-10-21(22,23)24)4-5-14(11)16-9-17(29-19(30)12-2-3-12)28-18-15(16)6-7-25-18/h4-9,12H,2-3,10H2,1H3,(H2,26,27,31)(H2,25,28,29,30). The number of rotatable bonds is 5. The number of aromatic nitrogens is 2. The van der Waals surface area contributed by atoms with Gasteiger partial charge < -0.3 is 20.9 Å². The quantitative estimate of drug-likeness (QED) is 0.476. The van der Waals surface area contributed by atoms with Gasteiger partial charge in [0, 0.05) is 23.2 Å². The number of H-pyrrole nitrogens is 1. The Morgan fingerprint density at radius 1 is 1.13 bits per heavy atom. The minimum atomic E-state index is -4.48. The molecule has 0 bridgehead atoms. The summed E-state index contributed by atoms with van der Waals surface area (Å²) in [6, 6.07) is 7.78. The molecule has 2 heterocycles. The van der Waals surface area contributed by atoms with E-state index < -0.39 is 18.8 Å². The number of carbonyl (C=O) groups excluding carboxylic acids is 2. The molecule has 1 saturated carbocycles. The van der Waals surface area contributed by atoms with Gasteiger partial charge in [-0.05, 0) is 60.7 Å². The van der Waals surface area contributed by atoms with Gasteiger partial charge in [-0.3, -0.25) is 4.79 Å². The molecule has 4 N–H and O–H groups in total. The third kappa shape index (κ3) is 4.96. The lowest BCUT2D eigenvalue weighted by Gasteiger charge is -2.13. The van der Waals surface area contributed by atoms with Crippen molar-refractivity contribution in [2.24, 2.45) is 5.92 Å². The van der Waals surface area contributed by atoms with Crippen LogP contribution < -0.4 is 16.0 Å². The molecule has 0 unspecified atom stereocenters. The lowest BCUT2D eigenvalue weighted by Crippen LogP contribution is -2.36. The van der Waals surface area contributed by atoms with Gasteiger partial charge in [-0.15, -0.1) is 0 Å². The summed E-state index contributed by atoms with van der Waals surface area (Å²) < 4.78 is 36.7. The zero-order chi connectivity index (χ0) is 22.2. The average Bonchev–Trinajstić information content (AvgIpc) is 3.44. The first-order valence-corrected chi connectivity index (χ1v) is 9.71. The van der Waals surface area contributed by atoms with E-state index >= 15 is 0 Å².